The second-order valence-corrected chi connectivity index (χ2v) is 2.58. The van der Waals surface area contributed by atoms with Gasteiger partial charge in [-0.2, -0.15) is 13.2 Å². The second kappa shape index (κ2) is 5.48. The Bertz CT molecular complexity index is 337. The summed E-state index contributed by atoms with van der Waals surface area (Å²) < 4.78 is 36.0. The molecule has 0 aromatic carbocycles. The molecule has 1 aromatic rings. The van der Waals surface area contributed by atoms with Crippen LogP contribution in [0.25, 0.3) is 0 Å². The molecule has 1 aromatic heterocycles. The summed E-state index contributed by atoms with van der Waals surface area (Å²) in [5.74, 6) is -1.38. The fourth-order valence-corrected chi connectivity index (χ4v) is 0.845. The van der Waals surface area contributed by atoms with Gasteiger partial charge in [-0.1, -0.05) is 0 Å². The van der Waals surface area contributed by atoms with Crippen molar-refractivity contribution in [3.63, 3.8) is 0 Å². The van der Waals surface area contributed by atoms with Crippen LogP contribution in [0.4, 0.5) is 13.2 Å². The summed E-state index contributed by atoms with van der Waals surface area (Å²) in [5.41, 5.74) is -0.863. The Morgan fingerprint density at radius 1 is 1.40 bits per heavy atom. The fourth-order valence-electron chi connectivity index (χ4n) is 0.845. The largest absolute Gasteiger partial charge is 1.00 e. The molecule has 0 saturated carbocycles. The Labute approximate surface area is 106 Å². The first-order chi connectivity index (χ1) is 6.39. The van der Waals surface area contributed by atoms with Gasteiger partial charge in [0.1, 0.15) is 0 Å². The molecule has 0 radical (unpaired) electrons. The van der Waals surface area contributed by atoms with Gasteiger partial charge in [0.2, 0.25) is 0 Å². The van der Waals surface area contributed by atoms with Gasteiger partial charge in [0.05, 0.1) is 5.56 Å². The SMILES string of the molecule is O=C([O-])Cc1ccc(C(F)(F)F)cn1.[Na+]. The smallest absolute Gasteiger partial charge is 0.550 e. The Kier molecular flexibility index (Phi) is 5.27. The molecule has 0 amide bonds. The number of carboxylic acids is 1. The summed E-state index contributed by atoms with van der Waals surface area (Å²) in [4.78, 5) is 13.4. The number of carboxylic acid groups (broad SMARTS) is 1. The zero-order valence-corrected chi connectivity index (χ0v) is 9.84. The van der Waals surface area contributed by atoms with Crippen molar-refractivity contribution in [2.45, 2.75) is 12.6 Å². The van der Waals surface area contributed by atoms with Crippen molar-refractivity contribution in [2.75, 3.05) is 0 Å². The van der Waals surface area contributed by atoms with Gasteiger partial charge in [0.25, 0.3) is 0 Å². The van der Waals surface area contributed by atoms with Crippen molar-refractivity contribution in [2.24, 2.45) is 0 Å². The minimum atomic E-state index is -4.45. The van der Waals surface area contributed by atoms with Crippen LogP contribution in [0.5, 0.6) is 0 Å². The van der Waals surface area contributed by atoms with Gasteiger partial charge in [-0.15, -0.1) is 0 Å². The molecule has 3 nitrogen and oxygen atoms in total. The Morgan fingerprint density at radius 3 is 2.33 bits per heavy atom. The summed E-state index contributed by atoms with van der Waals surface area (Å²) in [6, 6.07) is 1.80. The summed E-state index contributed by atoms with van der Waals surface area (Å²) in [5, 5.41) is 10.1. The number of carbonyl (C=O) groups excluding carboxylic acids is 1. The predicted molar refractivity (Wildman–Crippen MR) is 38.0 cm³/mol. The number of nitrogens with zero attached hydrogens (tertiary/aromatic N) is 1. The quantitative estimate of drug-likeness (QED) is 0.520. The molecule has 1 rings (SSSR count). The molecular weight excluding hydrogens is 222 g/mol. The second-order valence-electron chi connectivity index (χ2n) is 2.58. The van der Waals surface area contributed by atoms with Crippen LogP contribution >= 0.6 is 0 Å². The molecule has 1 heterocycles. The van der Waals surface area contributed by atoms with Crippen molar-refractivity contribution in [1.29, 1.82) is 0 Å². The number of rotatable bonds is 2. The molecule has 0 aliphatic carbocycles. The number of pyridine rings is 1. The monoisotopic (exact) mass is 227 g/mol. The van der Waals surface area contributed by atoms with Gasteiger partial charge >= 0.3 is 35.7 Å². The molecule has 0 spiro atoms. The first kappa shape index (κ1) is 14.4. The van der Waals surface area contributed by atoms with Crippen molar-refractivity contribution in [1.82, 2.24) is 4.98 Å². The van der Waals surface area contributed by atoms with Crippen molar-refractivity contribution < 1.29 is 52.6 Å². The van der Waals surface area contributed by atoms with Crippen molar-refractivity contribution in [3.8, 4) is 0 Å². The van der Waals surface area contributed by atoms with Gasteiger partial charge in [0.15, 0.2) is 0 Å². The maximum absolute atomic E-state index is 12.0. The molecule has 7 heteroatoms. The number of hydrogen-bond donors (Lipinski definition) is 0. The molecule has 0 aliphatic heterocycles. The maximum Gasteiger partial charge on any atom is 1.00 e. The van der Waals surface area contributed by atoms with Gasteiger partial charge < -0.3 is 9.90 Å². The topological polar surface area (TPSA) is 53.0 Å². The van der Waals surface area contributed by atoms with Crippen molar-refractivity contribution in [3.05, 3.63) is 29.6 Å². The zero-order chi connectivity index (χ0) is 10.8. The number of alkyl halides is 3. The molecular formula is C8H5F3NNaO2. The van der Waals surface area contributed by atoms with E-state index in [1.165, 1.54) is 0 Å². The van der Waals surface area contributed by atoms with Crippen LogP contribution in [0.2, 0.25) is 0 Å². The normalized spacial score (nSPS) is 10.6. The number of aromatic nitrogens is 1. The third kappa shape index (κ3) is 4.63. The number of halogens is 3. The predicted octanol–water partition coefficient (Wildman–Crippen LogP) is -2.60. The average molecular weight is 227 g/mol. The summed E-state index contributed by atoms with van der Waals surface area (Å²) in [6.07, 6.45) is -4.34. The first-order valence-corrected chi connectivity index (χ1v) is 3.61. The van der Waals surface area contributed by atoms with E-state index < -0.39 is 24.1 Å². The Hall–Kier alpha value is -0.590. The molecule has 0 unspecified atom stereocenters. The molecule has 15 heavy (non-hydrogen) atoms. The van der Waals surface area contributed by atoms with E-state index in [9.17, 15) is 23.1 Å². The third-order valence-corrected chi connectivity index (χ3v) is 1.48. The van der Waals surface area contributed by atoms with E-state index >= 15 is 0 Å². The van der Waals surface area contributed by atoms with E-state index in [2.05, 4.69) is 4.98 Å². The van der Waals surface area contributed by atoms with Gasteiger partial charge in [-0.05, 0) is 12.1 Å². The van der Waals surface area contributed by atoms with Gasteiger partial charge in [-0.3, -0.25) is 4.98 Å². The van der Waals surface area contributed by atoms with Crippen molar-refractivity contribution >= 4 is 5.97 Å². The van der Waals surface area contributed by atoms with Crippen LogP contribution in [0, 0.1) is 0 Å². The minimum Gasteiger partial charge on any atom is -0.550 e. The molecule has 0 bridgehead atoms. The van der Waals surface area contributed by atoms with Crippen LogP contribution in [0.1, 0.15) is 11.3 Å². The number of carbonyl (C=O) groups is 1. The standard InChI is InChI=1S/C8H6F3NO2.Na/c9-8(10,11)5-1-2-6(12-4-5)3-7(13)14;/h1-2,4H,3H2,(H,13,14);/q;+1/p-1. The summed E-state index contributed by atoms with van der Waals surface area (Å²) in [7, 11) is 0. The Morgan fingerprint density at radius 2 is 2.00 bits per heavy atom. The van der Waals surface area contributed by atoms with E-state index in [1.54, 1.807) is 0 Å². The zero-order valence-electron chi connectivity index (χ0n) is 7.84. The van der Waals surface area contributed by atoms with Crippen LogP contribution in [-0.4, -0.2) is 11.0 Å². The van der Waals surface area contributed by atoms with Crippen LogP contribution in [0.3, 0.4) is 0 Å². The van der Waals surface area contributed by atoms with Crippen LogP contribution < -0.4 is 34.7 Å². The fraction of sp³-hybridized carbons (Fsp3) is 0.250. The molecule has 0 saturated heterocycles. The van der Waals surface area contributed by atoms with Crippen LogP contribution in [-0.2, 0) is 17.4 Å². The summed E-state index contributed by atoms with van der Waals surface area (Å²) >= 11 is 0. The first-order valence-electron chi connectivity index (χ1n) is 3.61. The molecule has 0 fully saturated rings. The maximum atomic E-state index is 12.0. The van der Waals surface area contributed by atoms with E-state index in [1.807, 2.05) is 0 Å². The molecule has 0 atom stereocenters. The van der Waals surface area contributed by atoms with Gasteiger partial charge in [-0.25, -0.2) is 0 Å². The average Bonchev–Trinajstić information content (AvgIpc) is 2.02. The Balaban J connectivity index is 0.00000196. The molecule has 0 N–H and O–H groups in total. The summed E-state index contributed by atoms with van der Waals surface area (Å²) in [6.45, 7) is 0. The van der Waals surface area contributed by atoms with E-state index in [-0.39, 0.29) is 35.3 Å². The van der Waals surface area contributed by atoms with Crippen LogP contribution in [0.15, 0.2) is 18.3 Å². The minimum absolute atomic E-state index is 0. The van der Waals surface area contributed by atoms with Gasteiger partial charge in [0, 0.05) is 24.3 Å². The molecule has 76 valence electrons. The molecule has 0 aliphatic rings. The number of aliphatic carboxylic acids is 1. The third-order valence-electron chi connectivity index (χ3n) is 1.48. The van der Waals surface area contributed by atoms with E-state index in [4.69, 9.17) is 0 Å². The number of hydrogen-bond acceptors (Lipinski definition) is 3. The van der Waals surface area contributed by atoms with E-state index in [0.29, 0.717) is 6.20 Å². The van der Waals surface area contributed by atoms with E-state index in [0.717, 1.165) is 12.1 Å².